The van der Waals surface area contributed by atoms with Crippen LogP contribution in [0.4, 0.5) is 0 Å². The van der Waals surface area contributed by atoms with E-state index in [0.29, 0.717) is 59.9 Å². The van der Waals surface area contributed by atoms with E-state index in [-0.39, 0.29) is 17.8 Å². The lowest BCUT2D eigenvalue weighted by Gasteiger charge is -2.31. The molecular formula is C21H26N2O6S. The minimum Gasteiger partial charge on any atom is -0.493 e. The number of thioether (sulfide) groups is 1. The Bertz CT molecular complexity index is 849. The Morgan fingerprint density at radius 1 is 1.17 bits per heavy atom. The number of hydrogen-bond acceptors (Lipinski definition) is 8. The van der Waals surface area contributed by atoms with E-state index < -0.39 is 0 Å². The van der Waals surface area contributed by atoms with Gasteiger partial charge in [-0.15, -0.1) is 0 Å². The second kappa shape index (κ2) is 9.88. The number of likely N-dealkylation sites (tertiary alicyclic amines) is 1. The number of ether oxygens (including phenoxy) is 4. The first-order valence-corrected chi connectivity index (χ1v) is 10.6. The highest BCUT2D eigenvalue weighted by Crippen LogP contribution is 2.40. The van der Waals surface area contributed by atoms with Crippen LogP contribution in [0.15, 0.2) is 22.0 Å². The molecular weight excluding hydrogens is 408 g/mol. The highest BCUT2D eigenvalue weighted by Gasteiger charge is 2.31. The average Bonchev–Trinajstić information content (AvgIpc) is 3.13. The number of amides is 1. The van der Waals surface area contributed by atoms with Gasteiger partial charge in [-0.25, -0.2) is 0 Å². The maximum atomic E-state index is 12.5. The predicted molar refractivity (Wildman–Crippen MR) is 115 cm³/mol. The van der Waals surface area contributed by atoms with E-state index in [4.69, 9.17) is 18.9 Å². The summed E-state index contributed by atoms with van der Waals surface area (Å²) in [5.41, 5.74) is 0.748. The van der Waals surface area contributed by atoms with Crippen molar-refractivity contribution in [1.82, 2.24) is 4.90 Å². The maximum Gasteiger partial charge on any atom is 0.309 e. The molecule has 0 saturated carbocycles. The molecule has 1 fully saturated rings. The smallest absolute Gasteiger partial charge is 0.309 e. The molecule has 0 spiro atoms. The van der Waals surface area contributed by atoms with E-state index in [9.17, 15) is 9.59 Å². The largest absolute Gasteiger partial charge is 0.493 e. The minimum absolute atomic E-state index is 0.0851. The molecule has 1 aromatic rings. The van der Waals surface area contributed by atoms with Gasteiger partial charge in [-0.3, -0.25) is 9.59 Å². The molecule has 0 radical (unpaired) electrons. The summed E-state index contributed by atoms with van der Waals surface area (Å²) in [6.45, 7) is 3.54. The van der Waals surface area contributed by atoms with Crippen LogP contribution in [0.3, 0.4) is 0 Å². The van der Waals surface area contributed by atoms with Gasteiger partial charge in [0.2, 0.25) is 5.75 Å². The van der Waals surface area contributed by atoms with Gasteiger partial charge >= 0.3 is 5.97 Å². The van der Waals surface area contributed by atoms with Gasteiger partial charge in [0, 0.05) is 13.1 Å². The SMILES string of the molecule is CCOC(=O)C1CCN(C2=NC(=O)C(=Cc3cc(OC)c(OC)c(OC)c3)S2)CC1. The first kappa shape index (κ1) is 22.0. The molecule has 2 aliphatic heterocycles. The first-order chi connectivity index (χ1) is 14.5. The van der Waals surface area contributed by atoms with Crippen LogP contribution < -0.4 is 14.2 Å². The molecule has 162 valence electrons. The monoisotopic (exact) mass is 434 g/mol. The van der Waals surface area contributed by atoms with E-state index >= 15 is 0 Å². The molecule has 2 heterocycles. The Balaban J connectivity index is 1.71. The van der Waals surface area contributed by atoms with Crippen LogP contribution in [0, 0.1) is 5.92 Å². The Hall–Kier alpha value is -2.68. The summed E-state index contributed by atoms with van der Waals surface area (Å²) in [6.07, 6.45) is 3.15. The van der Waals surface area contributed by atoms with Gasteiger partial charge < -0.3 is 23.8 Å². The van der Waals surface area contributed by atoms with E-state index in [1.54, 1.807) is 39.5 Å². The molecule has 1 amide bonds. The summed E-state index contributed by atoms with van der Waals surface area (Å²) in [7, 11) is 4.63. The summed E-state index contributed by atoms with van der Waals surface area (Å²) in [5.74, 6) is 1.02. The number of esters is 1. The second-order valence-corrected chi connectivity index (χ2v) is 7.79. The molecule has 3 rings (SSSR count). The highest BCUT2D eigenvalue weighted by molar-refractivity contribution is 8.18. The highest BCUT2D eigenvalue weighted by atomic mass is 32.2. The molecule has 0 bridgehead atoms. The molecule has 9 heteroatoms. The Morgan fingerprint density at radius 3 is 2.33 bits per heavy atom. The number of nitrogens with zero attached hydrogens (tertiary/aromatic N) is 2. The number of rotatable bonds is 6. The van der Waals surface area contributed by atoms with Crippen LogP contribution in [0.25, 0.3) is 6.08 Å². The summed E-state index contributed by atoms with van der Waals surface area (Å²) < 4.78 is 21.2. The van der Waals surface area contributed by atoms with Crippen LogP contribution in [0.2, 0.25) is 0 Å². The summed E-state index contributed by atoms with van der Waals surface area (Å²) in [4.78, 5) is 31.2. The van der Waals surface area contributed by atoms with E-state index in [2.05, 4.69) is 4.99 Å². The molecule has 0 atom stereocenters. The van der Waals surface area contributed by atoms with Gasteiger partial charge in [-0.2, -0.15) is 4.99 Å². The summed E-state index contributed by atoms with van der Waals surface area (Å²) in [6, 6.07) is 3.57. The Morgan fingerprint density at radius 2 is 1.80 bits per heavy atom. The van der Waals surface area contributed by atoms with Crippen molar-refractivity contribution in [3.63, 3.8) is 0 Å². The number of aliphatic imine (C=N–C) groups is 1. The van der Waals surface area contributed by atoms with E-state index in [1.165, 1.54) is 11.8 Å². The van der Waals surface area contributed by atoms with Crippen molar-refractivity contribution in [3.8, 4) is 17.2 Å². The number of hydrogen-bond donors (Lipinski definition) is 0. The topological polar surface area (TPSA) is 86.7 Å². The van der Waals surface area contributed by atoms with Gasteiger partial charge in [-0.1, -0.05) is 0 Å². The van der Waals surface area contributed by atoms with Crippen molar-refractivity contribution in [2.75, 3.05) is 41.0 Å². The number of methoxy groups -OCH3 is 3. The molecule has 0 aromatic heterocycles. The summed E-state index contributed by atoms with van der Waals surface area (Å²) in [5, 5.41) is 0.668. The van der Waals surface area contributed by atoms with E-state index in [0.717, 1.165) is 5.56 Å². The van der Waals surface area contributed by atoms with Crippen molar-refractivity contribution in [2.24, 2.45) is 10.9 Å². The zero-order valence-corrected chi connectivity index (χ0v) is 18.4. The Kier molecular flexibility index (Phi) is 7.25. The van der Waals surface area contributed by atoms with Gasteiger partial charge in [-0.05, 0) is 55.3 Å². The lowest BCUT2D eigenvalue weighted by Crippen LogP contribution is -2.39. The van der Waals surface area contributed by atoms with Crippen LogP contribution in [-0.2, 0) is 14.3 Å². The third-order valence-corrected chi connectivity index (χ3v) is 6.02. The standard InChI is InChI=1S/C21H26N2O6S/c1-5-29-20(25)14-6-8-23(9-7-14)21-22-19(24)17(30-21)12-13-10-15(26-2)18(28-4)16(11-13)27-3/h10-12,14H,5-9H2,1-4H3. The average molecular weight is 435 g/mol. The zero-order valence-electron chi connectivity index (χ0n) is 17.6. The lowest BCUT2D eigenvalue weighted by molar-refractivity contribution is -0.149. The first-order valence-electron chi connectivity index (χ1n) is 9.74. The molecule has 2 aliphatic rings. The number of carbonyl (C=O) groups excluding carboxylic acids is 2. The fourth-order valence-electron chi connectivity index (χ4n) is 3.44. The second-order valence-electron chi connectivity index (χ2n) is 6.78. The molecule has 30 heavy (non-hydrogen) atoms. The molecule has 0 N–H and O–H groups in total. The van der Waals surface area contributed by atoms with Crippen LogP contribution >= 0.6 is 11.8 Å². The Labute approximate surface area is 180 Å². The zero-order chi connectivity index (χ0) is 21.7. The van der Waals surface area contributed by atoms with Gasteiger partial charge in [0.25, 0.3) is 5.91 Å². The van der Waals surface area contributed by atoms with Crippen molar-refractivity contribution >= 4 is 34.9 Å². The van der Waals surface area contributed by atoms with Crippen LogP contribution in [0.5, 0.6) is 17.2 Å². The number of carbonyl (C=O) groups is 2. The van der Waals surface area contributed by atoms with Crippen molar-refractivity contribution in [1.29, 1.82) is 0 Å². The summed E-state index contributed by atoms with van der Waals surface area (Å²) >= 11 is 1.34. The third kappa shape index (κ3) is 4.72. The van der Waals surface area contributed by atoms with Crippen molar-refractivity contribution in [3.05, 3.63) is 22.6 Å². The third-order valence-electron chi connectivity index (χ3n) is 4.98. The fourth-order valence-corrected chi connectivity index (χ4v) is 4.40. The molecule has 1 saturated heterocycles. The molecule has 0 aliphatic carbocycles. The lowest BCUT2D eigenvalue weighted by atomic mass is 9.97. The predicted octanol–water partition coefficient (Wildman–Crippen LogP) is 2.96. The number of amidine groups is 1. The van der Waals surface area contributed by atoms with Gasteiger partial charge in [0.05, 0.1) is 38.8 Å². The fraction of sp³-hybridized carbons (Fsp3) is 0.476. The molecule has 8 nitrogen and oxygen atoms in total. The minimum atomic E-state index is -0.281. The number of piperidine rings is 1. The quantitative estimate of drug-likeness (QED) is 0.499. The van der Waals surface area contributed by atoms with Crippen LogP contribution in [-0.4, -0.2) is 63.0 Å². The van der Waals surface area contributed by atoms with Crippen molar-refractivity contribution in [2.45, 2.75) is 19.8 Å². The van der Waals surface area contributed by atoms with Gasteiger partial charge in [0.15, 0.2) is 16.7 Å². The van der Waals surface area contributed by atoms with Crippen LogP contribution in [0.1, 0.15) is 25.3 Å². The van der Waals surface area contributed by atoms with Crippen molar-refractivity contribution < 1.29 is 28.5 Å². The molecule has 1 aromatic carbocycles. The van der Waals surface area contributed by atoms with Gasteiger partial charge in [0.1, 0.15) is 0 Å². The number of benzene rings is 1. The normalized spacial score (nSPS) is 18.4. The molecule has 0 unspecified atom stereocenters. The van der Waals surface area contributed by atoms with E-state index in [1.807, 2.05) is 11.8 Å². The maximum absolute atomic E-state index is 12.5.